The zero-order chi connectivity index (χ0) is 9.07. The molecule has 0 atom stereocenters. The maximum absolute atomic E-state index is 4.64. The number of hydrogen-bond donors (Lipinski definition) is 0. The molecule has 0 saturated carbocycles. The van der Waals surface area contributed by atoms with Gasteiger partial charge in [0.05, 0.1) is 0 Å². The van der Waals surface area contributed by atoms with Crippen molar-refractivity contribution in [3.63, 3.8) is 0 Å². The molecule has 0 unspecified atom stereocenters. The summed E-state index contributed by atoms with van der Waals surface area (Å²) in [5.41, 5.74) is 0. The zero-order valence-corrected chi connectivity index (χ0v) is 9.86. The average molecular weight is 232 g/mol. The number of rotatable bonds is 0. The fraction of sp³-hybridized carbons (Fsp3) is 0.273. The average Bonchev–Trinajstić information content (AvgIpc) is 2.87. The summed E-state index contributed by atoms with van der Waals surface area (Å²) in [6.07, 6.45) is 21.5. The van der Waals surface area contributed by atoms with Crippen molar-refractivity contribution in [2.45, 2.75) is 12.8 Å². The van der Waals surface area contributed by atoms with Crippen molar-refractivity contribution in [1.29, 1.82) is 0 Å². The molecule has 0 N–H and O–H groups in total. The van der Waals surface area contributed by atoms with Crippen LogP contribution >= 0.6 is 11.6 Å². The molecule has 0 amide bonds. The van der Waals surface area contributed by atoms with Gasteiger partial charge in [0.1, 0.15) is 0 Å². The Balaban J connectivity index is 0. The van der Waals surface area contributed by atoms with Crippen molar-refractivity contribution in [3.8, 4) is 0 Å². The van der Waals surface area contributed by atoms with E-state index in [0.717, 1.165) is 12.8 Å². The molecule has 1 radical (unpaired) electrons. The first kappa shape index (κ1) is 15.3. The van der Waals surface area contributed by atoms with Gasteiger partial charge in [0.25, 0.3) is 0 Å². The minimum atomic E-state index is 0. The van der Waals surface area contributed by atoms with Gasteiger partial charge >= 0.3 is 18.6 Å². The fourth-order valence-electron chi connectivity index (χ4n) is 0.680. The van der Waals surface area contributed by atoms with E-state index in [4.69, 9.17) is 0 Å². The Labute approximate surface area is 97.9 Å². The fourth-order valence-corrected chi connectivity index (χ4v) is 0.680. The summed E-state index contributed by atoms with van der Waals surface area (Å²) >= 11 is 4.64. The third-order valence-corrected chi connectivity index (χ3v) is 1.17. The van der Waals surface area contributed by atoms with E-state index in [1.807, 2.05) is 24.3 Å². The van der Waals surface area contributed by atoms with Crippen LogP contribution in [0.4, 0.5) is 0 Å². The molecule has 13 heavy (non-hydrogen) atoms. The van der Waals surface area contributed by atoms with E-state index in [1.165, 1.54) is 6.38 Å². The molecule has 2 rings (SSSR count). The first-order chi connectivity index (χ1) is 6.00. The summed E-state index contributed by atoms with van der Waals surface area (Å²) in [7, 11) is 0. The van der Waals surface area contributed by atoms with Crippen LogP contribution in [-0.4, -0.2) is 6.38 Å². The maximum Gasteiger partial charge on any atom is 2.00 e. The van der Waals surface area contributed by atoms with Crippen LogP contribution in [0.3, 0.4) is 0 Å². The molecule has 0 aromatic rings. The number of alkyl halides is 1. The second kappa shape index (κ2) is 14.4. The first-order valence-electron chi connectivity index (χ1n) is 3.81. The molecule has 0 saturated heterocycles. The molecule has 69 valence electrons. The second-order valence-electron chi connectivity index (χ2n) is 2.01. The van der Waals surface area contributed by atoms with Gasteiger partial charge in [-0.2, -0.15) is 12.2 Å². The molecule has 2 heteroatoms. The second-order valence-corrected chi connectivity index (χ2v) is 2.01. The Bertz CT molecular complexity index is 148. The maximum atomic E-state index is 4.64. The Morgan fingerprint density at radius 1 is 0.923 bits per heavy atom. The summed E-state index contributed by atoms with van der Waals surface area (Å²) in [6, 6.07) is 0. The third kappa shape index (κ3) is 11.8. The van der Waals surface area contributed by atoms with Crippen molar-refractivity contribution in [2.24, 2.45) is 0 Å². The zero-order valence-electron chi connectivity index (χ0n) is 7.70. The van der Waals surface area contributed by atoms with E-state index in [1.54, 1.807) is 0 Å². The van der Waals surface area contributed by atoms with Crippen molar-refractivity contribution in [3.05, 3.63) is 48.6 Å². The summed E-state index contributed by atoms with van der Waals surface area (Å²) in [5.74, 6) is 0. The molecule has 2 aliphatic carbocycles. The molecule has 0 heterocycles. The van der Waals surface area contributed by atoms with Crippen LogP contribution in [0.15, 0.2) is 36.5 Å². The minimum absolute atomic E-state index is 0. The predicted molar refractivity (Wildman–Crippen MR) is 54.9 cm³/mol. The number of halogens is 1. The Hall–Kier alpha value is -0.166. The summed E-state index contributed by atoms with van der Waals surface area (Å²) < 4.78 is 0. The molecular formula is C11H13ClV. The Morgan fingerprint density at radius 3 is 1.38 bits per heavy atom. The number of hydrogen-bond acceptors (Lipinski definition) is 0. The van der Waals surface area contributed by atoms with Gasteiger partial charge < -0.3 is 0 Å². The van der Waals surface area contributed by atoms with Crippen LogP contribution < -0.4 is 0 Å². The summed E-state index contributed by atoms with van der Waals surface area (Å²) in [6.45, 7) is 0. The van der Waals surface area contributed by atoms with Crippen molar-refractivity contribution < 1.29 is 18.6 Å². The van der Waals surface area contributed by atoms with Crippen LogP contribution in [0.5, 0.6) is 0 Å². The molecule has 0 bridgehead atoms. The van der Waals surface area contributed by atoms with Gasteiger partial charge in [-0.1, -0.05) is 0 Å². The van der Waals surface area contributed by atoms with Crippen molar-refractivity contribution in [2.75, 3.05) is 6.38 Å². The topological polar surface area (TPSA) is 0 Å². The monoisotopic (exact) mass is 231 g/mol. The molecule has 0 fully saturated rings. The Kier molecular flexibility index (Phi) is 16.9. The normalized spacial score (nSPS) is 14.0. The van der Waals surface area contributed by atoms with E-state index in [9.17, 15) is 0 Å². The molecule has 0 nitrogen and oxygen atoms in total. The van der Waals surface area contributed by atoms with E-state index >= 15 is 0 Å². The molecule has 0 aliphatic heterocycles. The summed E-state index contributed by atoms with van der Waals surface area (Å²) in [5, 5.41) is 0. The van der Waals surface area contributed by atoms with E-state index in [-0.39, 0.29) is 18.6 Å². The third-order valence-electron chi connectivity index (χ3n) is 1.17. The number of allylic oxidation sites excluding steroid dienone is 8. The van der Waals surface area contributed by atoms with Gasteiger partial charge in [0, 0.05) is 6.38 Å². The smallest absolute Gasteiger partial charge is 0.273 e. The minimum Gasteiger partial charge on any atom is -0.273 e. The molecule has 0 spiro atoms. The van der Waals surface area contributed by atoms with Crippen LogP contribution in [-0.2, 0) is 18.6 Å². The van der Waals surface area contributed by atoms with E-state index < -0.39 is 0 Å². The van der Waals surface area contributed by atoms with Crippen LogP contribution in [0.2, 0.25) is 0 Å². The van der Waals surface area contributed by atoms with Crippen LogP contribution in [0.1, 0.15) is 12.8 Å². The standard InChI is InChI=1S/2C5H5.CH3Cl.V/c2*1-2-4-5-3-1;1-2;/h2*1-3H,4H2;1H3;/q2*-1;;+2. The van der Waals surface area contributed by atoms with Crippen LogP contribution in [0, 0.1) is 12.2 Å². The SMILES string of the molecule is CCl.[C-]1=CC=CC1.[C-]1=CC=CC1.[V+2]. The molecule has 0 aromatic heterocycles. The quantitative estimate of drug-likeness (QED) is 0.442. The molecule has 0 aromatic carbocycles. The van der Waals surface area contributed by atoms with Gasteiger partial charge in [-0.05, 0) is 0 Å². The summed E-state index contributed by atoms with van der Waals surface area (Å²) in [4.78, 5) is 0. The van der Waals surface area contributed by atoms with E-state index in [0.29, 0.717) is 0 Å². The molecule has 2 aliphatic rings. The van der Waals surface area contributed by atoms with E-state index in [2.05, 4.69) is 35.9 Å². The van der Waals surface area contributed by atoms with Crippen molar-refractivity contribution >= 4 is 11.6 Å². The van der Waals surface area contributed by atoms with Gasteiger partial charge in [-0.3, -0.25) is 12.2 Å². The molecular weight excluding hydrogens is 219 g/mol. The van der Waals surface area contributed by atoms with Gasteiger partial charge in [0.2, 0.25) is 0 Å². The van der Waals surface area contributed by atoms with Gasteiger partial charge in [-0.15, -0.1) is 24.4 Å². The van der Waals surface area contributed by atoms with Gasteiger partial charge in [-0.25, -0.2) is 24.3 Å². The van der Waals surface area contributed by atoms with Crippen LogP contribution in [0.25, 0.3) is 0 Å². The Morgan fingerprint density at radius 2 is 1.31 bits per heavy atom. The predicted octanol–water partition coefficient (Wildman–Crippen LogP) is 3.46. The van der Waals surface area contributed by atoms with Gasteiger partial charge in [0.15, 0.2) is 0 Å². The van der Waals surface area contributed by atoms with Crippen molar-refractivity contribution in [1.82, 2.24) is 0 Å². The largest absolute Gasteiger partial charge is 2.00 e. The first-order valence-corrected chi connectivity index (χ1v) is 4.57.